The molecule has 0 unspecified atom stereocenters. The largest absolute Gasteiger partial charge is 0.417 e. The van der Waals surface area contributed by atoms with Crippen LogP contribution in [0.5, 0.6) is 0 Å². The minimum absolute atomic E-state index is 0.0269. The Morgan fingerprint density at radius 3 is 0.865 bits per heavy atom. The lowest BCUT2D eigenvalue weighted by molar-refractivity contribution is -0.137. The SMILES string of the molecule is Cc1cc(C)c(-c2ccc3c(c2)c2cc(-c4c(C)cc(C)cc4C)ccc2n3-c2cccc(-c3nc(-c4ccccc4)nc(-c4ccccc4)n3)c2-c2c(-n3c4ccc(-c5c(C)cc(C)cc5C)cc4c4cc(-c5c(C)cc(C)cc5C)ccc43)cccc2C(F)(F)F)c(C)c1. The number of aromatic nitrogens is 5. The molecule has 96 heavy (non-hydrogen) atoms. The zero-order chi connectivity index (χ0) is 66.7. The molecule has 15 aromatic rings. The first kappa shape index (κ1) is 61.2. The third-order valence-corrected chi connectivity index (χ3v) is 19.5. The molecule has 0 N–H and O–H groups in total. The number of hydrogen-bond donors (Lipinski definition) is 0. The summed E-state index contributed by atoms with van der Waals surface area (Å²) in [4.78, 5) is 15.8. The molecule has 15 rings (SSSR count). The highest BCUT2D eigenvalue weighted by Crippen LogP contribution is 2.51. The number of rotatable bonds is 10. The molecule has 0 saturated heterocycles. The topological polar surface area (TPSA) is 48.5 Å². The second kappa shape index (κ2) is 23.5. The lowest BCUT2D eigenvalue weighted by atomic mass is 9.90. The fourth-order valence-corrected chi connectivity index (χ4v) is 16.1. The standard InChI is InChI=1S/C88H72F3N5/c1-49-37-53(5)79(54(6)38-49)63-29-33-73-68(45-63)69-46-64(80-55(7)39-50(2)40-56(80)8)30-34-74(69)95(73)77-27-19-25-67(87-93-85(61-21-15-13-16-22-61)92-86(94-87)62-23-17-14-18-24-62)83(77)84-72(88(89,90)91)26-20-28-78(84)96-75-35-31-65(81-57(9)41-51(3)42-58(81)10)47-70(75)71-48-66(32-36-76(71)96)82-59(11)43-52(4)44-60(82)12/h13-48H,1-12H3. The fraction of sp³-hybridized carbons (Fsp3) is 0.148. The smallest absolute Gasteiger partial charge is 0.309 e. The first-order chi connectivity index (χ1) is 46.2. The predicted octanol–water partition coefficient (Wildman–Crippen LogP) is 24.1. The van der Waals surface area contributed by atoms with Gasteiger partial charge in [-0.3, -0.25) is 0 Å². The van der Waals surface area contributed by atoms with Crippen molar-refractivity contribution in [3.63, 3.8) is 0 Å². The zero-order valence-corrected chi connectivity index (χ0v) is 56.2. The molecular weight excluding hydrogens is 1180 g/mol. The van der Waals surface area contributed by atoms with Gasteiger partial charge in [0, 0.05) is 49.4 Å². The Labute approximate surface area is 558 Å². The van der Waals surface area contributed by atoms with Crippen LogP contribution in [0.3, 0.4) is 0 Å². The maximum absolute atomic E-state index is 17.3. The molecule has 0 spiro atoms. The van der Waals surface area contributed by atoms with Crippen LogP contribution in [0.2, 0.25) is 0 Å². The zero-order valence-electron chi connectivity index (χ0n) is 56.2. The Morgan fingerprint density at radius 2 is 0.552 bits per heavy atom. The van der Waals surface area contributed by atoms with Crippen molar-refractivity contribution in [1.82, 2.24) is 24.1 Å². The van der Waals surface area contributed by atoms with Gasteiger partial charge in [0.2, 0.25) is 0 Å². The van der Waals surface area contributed by atoms with Gasteiger partial charge >= 0.3 is 6.18 Å². The van der Waals surface area contributed by atoms with E-state index < -0.39 is 11.7 Å². The molecule has 0 radical (unpaired) electrons. The lowest BCUT2D eigenvalue weighted by Crippen LogP contribution is -2.12. The number of alkyl halides is 3. The Hall–Kier alpha value is -11.0. The monoisotopic (exact) mass is 1260 g/mol. The van der Waals surface area contributed by atoms with Crippen molar-refractivity contribution in [2.24, 2.45) is 0 Å². The van der Waals surface area contributed by atoms with E-state index >= 15 is 13.2 Å². The summed E-state index contributed by atoms with van der Waals surface area (Å²) in [7, 11) is 0. The van der Waals surface area contributed by atoms with Crippen LogP contribution in [0, 0.1) is 83.1 Å². The van der Waals surface area contributed by atoms with Crippen LogP contribution in [0.25, 0.3) is 145 Å². The molecule has 0 saturated carbocycles. The van der Waals surface area contributed by atoms with Crippen molar-refractivity contribution in [2.45, 2.75) is 89.3 Å². The van der Waals surface area contributed by atoms with Crippen LogP contribution >= 0.6 is 0 Å². The highest BCUT2D eigenvalue weighted by Gasteiger charge is 2.38. The van der Waals surface area contributed by atoms with E-state index in [1.54, 1.807) is 6.07 Å². The fourth-order valence-electron chi connectivity index (χ4n) is 16.1. The normalized spacial score (nSPS) is 11.9. The third kappa shape index (κ3) is 10.5. The summed E-state index contributed by atoms with van der Waals surface area (Å²) in [5.74, 6) is 0.979. The van der Waals surface area contributed by atoms with Crippen LogP contribution in [0.1, 0.15) is 72.3 Å². The molecule has 0 amide bonds. The van der Waals surface area contributed by atoms with Gasteiger partial charge in [-0.25, -0.2) is 15.0 Å². The van der Waals surface area contributed by atoms with Gasteiger partial charge in [0.25, 0.3) is 0 Å². The second-order valence-corrected chi connectivity index (χ2v) is 26.6. The minimum atomic E-state index is -4.88. The maximum Gasteiger partial charge on any atom is 0.417 e. The van der Waals surface area contributed by atoms with Gasteiger partial charge < -0.3 is 9.13 Å². The molecule has 470 valence electrons. The van der Waals surface area contributed by atoms with Crippen molar-refractivity contribution in [3.8, 4) is 101 Å². The summed E-state index contributed by atoms with van der Waals surface area (Å²) in [6, 6.07) is 73.8. The number of halogens is 3. The molecule has 0 aliphatic carbocycles. The van der Waals surface area contributed by atoms with Crippen molar-refractivity contribution in [3.05, 3.63) is 291 Å². The van der Waals surface area contributed by atoms with Crippen molar-refractivity contribution in [2.75, 3.05) is 0 Å². The second-order valence-electron chi connectivity index (χ2n) is 26.6. The van der Waals surface area contributed by atoms with Crippen LogP contribution in [0.4, 0.5) is 13.2 Å². The van der Waals surface area contributed by atoms with E-state index in [-0.39, 0.29) is 11.4 Å². The van der Waals surface area contributed by atoms with Gasteiger partial charge in [0.1, 0.15) is 0 Å². The molecule has 8 heteroatoms. The highest BCUT2D eigenvalue weighted by molar-refractivity contribution is 6.15. The van der Waals surface area contributed by atoms with Gasteiger partial charge in [0.05, 0.1) is 39.0 Å². The van der Waals surface area contributed by atoms with Gasteiger partial charge in [0.15, 0.2) is 17.5 Å². The van der Waals surface area contributed by atoms with E-state index in [2.05, 4.69) is 214 Å². The Morgan fingerprint density at radius 1 is 0.260 bits per heavy atom. The van der Waals surface area contributed by atoms with Crippen LogP contribution in [-0.2, 0) is 6.18 Å². The molecule has 0 fully saturated rings. The first-order valence-corrected chi connectivity index (χ1v) is 32.9. The van der Waals surface area contributed by atoms with E-state index in [0.29, 0.717) is 34.2 Å². The van der Waals surface area contributed by atoms with Crippen molar-refractivity contribution < 1.29 is 13.2 Å². The quantitative estimate of drug-likeness (QED) is 0.137. The summed E-state index contributed by atoms with van der Waals surface area (Å²) in [6.45, 7) is 25.8. The Kier molecular flexibility index (Phi) is 15.0. The third-order valence-electron chi connectivity index (χ3n) is 19.5. The molecule has 3 heterocycles. The maximum atomic E-state index is 17.3. The minimum Gasteiger partial charge on any atom is -0.309 e. The average Bonchev–Trinajstić information content (AvgIpc) is 1.43. The summed E-state index contributed by atoms with van der Waals surface area (Å²) >= 11 is 0. The number of benzene rings is 12. The van der Waals surface area contributed by atoms with Crippen LogP contribution in [-0.4, -0.2) is 24.1 Å². The van der Waals surface area contributed by atoms with Crippen molar-refractivity contribution in [1.29, 1.82) is 0 Å². The highest BCUT2D eigenvalue weighted by atomic mass is 19.4. The van der Waals surface area contributed by atoms with Gasteiger partial charge in [-0.15, -0.1) is 0 Å². The average molecular weight is 1260 g/mol. The van der Waals surface area contributed by atoms with Gasteiger partial charge in [-0.05, 0) is 239 Å². The van der Waals surface area contributed by atoms with E-state index in [9.17, 15) is 0 Å². The summed E-state index contributed by atoms with van der Waals surface area (Å²) in [5.41, 5.74) is 28.0. The van der Waals surface area contributed by atoms with Gasteiger partial charge in [-0.1, -0.05) is 174 Å². The van der Waals surface area contributed by atoms with E-state index in [1.807, 2.05) is 84.9 Å². The van der Waals surface area contributed by atoms with Crippen LogP contribution < -0.4 is 0 Å². The molecule has 0 aliphatic rings. The summed E-state index contributed by atoms with van der Waals surface area (Å²) in [5, 5.41) is 3.73. The van der Waals surface area contributed by atoms with E-state index in [4.69, 9.17) is 15.0 Å². The number of fused-ring (bicyclic) bond motifs is 6. The molecule has 3 aromatic heterocycles. The summed E-state index contributed by atoms with van der Waals surface area (Å²) in [6.07, 6.45) is -4.88. The Bertz CT molecular complexity index is 5330. The van der Waals surface area contributed by atoms with Gasteiger partial charge in [-0.2, -0.15) is 13.2 Å². The lowest BCUT2D eigenvalue weighted by Gasteiger charge is -2.24. The Balaban J connectivity index is 1.10. The molecule has 5 nitrogen and oxygen atoms in total. The van der Waals surface area contributed by atoms with E-state index in [0.717, 1.165) is 144 Å². The number of aryl methyl sites for hydroxylation is 12. The van der Waals surface area contributed by atoms with Crippen molar-refractivity contribution >= 4 is 43.6 Å². The van der Waals surface area contributed by atoms with Crippen LogP contribution in [0.15, 0.2) is 218 Å². The molecule has 12 aromatic carbocycles. The molecule has 0 bridgehead atoms. The molecule has 0 atom stereocenters. The predicted molar refractivity (Wildman–Crippen MR) is 394 cm³/mol. The van der Waals surface area contributed by atoms with E-state index in [1.165, 1.54) is 28.3 Å². The molecule has 0 aliphatic heterocycles. The number of nitrogens with zero attached hydrogens (tertiary/aromatic N) is 5. The number of hydrogen-bond acceptors (Lipinski definition) is 3. The summed E-state index contributed by atoms with van der Waals surface area (Å²) < 4.78 is 56.1. The molecular formula is C88H72F3N5. The first-order valence-electron chi connectivity index (χ1n) is 32.9.